The third-order valence-electron chi connectivity index (χ3n) is 3.93. The number of nitrogens with zero attached hydrogens (tertiary/aromatic N) is 3. The molecule has 0 fully saturated rings. The number of halogens is 4. The Bertz CT molecular complexity index is 991. The fourth-order valence-electron chi connectivity index (χ4n) is 2.56. The van der Waals surface area contributed by atoms with E-state index in [2.05, 4.69) is 14.7 Å². The molecule has 0 aliphatic heterocycles. The van der Waals surface area contributed by atoms with Crippen molar-refractivity contribution >= 4 is 40.1 Å². The number of pyridine rings is 1. The minimum Gasteiger partial charge on any atom is -0.454 e. The number of hydrogen-bond donors (Lipinski definition) is 2. The summed E-state index contributed by atoms with van der Waals surface area (Å²) in [7, 11) is 0. The van der Waals surface area contributed by atoms with Crippen molar-refractivity contribution in [3.63, 3.8) is 0 Å². The van der Waals surface area contributed by atoms with E-state index < -0.39 is 18.6 Å². The van der Waals surface area contributed by atoms with Crippen LogP contribution in [0.5, 0.6) is 0 Å². The maximum atomic E-state index is 12.4. The maximum Gasteiger partial charge on any atom is 0.312 e. The fourth-order valence-corrected chi connectivity index (χ4v) is 2.87. The number of rotatable bonds is 5. The zero-order chi connectivity index (χ0) is 19.7. The van der Waals surface area contributed by atoms with Crippen molar-refractivity contribution in [3.05, 3.63) is 57.6 Å². The molecule has 142 valence electrons. The second-order valence-corrected chi connectivity index (χ2v) is 6.60. The van der Waals surface area contributed by atoms with E-state index >= 15 is 0 Å². The molecule has 27 heavy (non-hydrogen) atoms. The van der Waals surface area contributed by atoms with Gasteiger partial charge in [0.1, 0.15) is 5.82 Å². The highest BCUT2D eigenvalue weighted by Gasteiger charge is 2.18. The molecule has 1 unspecified atom stereocenters. The summed E-state index contributed by atoms with van der Waals surface area (Å²) in [6.07, 6.45) is -2.78. The number of aryl methyl sites for hydroxylation is 1. The molecule has 2 heterocycles. The molecule has 6 nitrogen and oxygen atoms in total. The third-order valence-corrected chi connectivity index (χ3v) is 4.65. The molecule has 1 aromatic carbocycles. The largest absolute Gasteiger partial charge is 0.454 e. The Morgan fingerprint density at radius 1 is 1.30 bits per heavy atom. The number of nitrogens with two attached hydrogens (primary N) is 1. The molecule has 10 heteroatoms. The van der Waals surface area contributed by atoms with Crippen LogP contribution in [0.3, 0.4) is 0 Å². The van der Waals surface area contributed by atoms with Crippen molar-refractivity contribution in [1.29, 1.82) is 5.41 Å². The molecule has 0 aliphatic carbocycles. The van der Waals surface area contributed by atoms with Crippen LogP contribution in [0.2, 0.25) is 10.0 Å². The van der Waals surface area contributed by atoms with Crippen molar-refractivity contribution in [1.82, 2.24) is 14.5 Å². The van der Waals surface area contributed by atoms with Crippen LogP contribution in [0.25, 0.3) is 11.0 Å². The average molecular weight is 414 g/mol. The van der Waals surface area contributed by atoms with Gasteiger partial charge in [-0.2, -0.15) is 8.78 Å². The predicted molar refractivity (Wildman–Crippen MR) is 99.6 cm³/mol. The molecule has 2 aromatic heterocycles. The van der Waals surface area contributed by atoms with E-state index in [0.717, 1.165) is 16.9 Å². The summed E-state index contributed by atoms with van der Waals surface area (Å²) in [5.41, 5.74) is 8.29. The van der Waals surface area contributed by atoms with E-state index in [-0.39, 0.29) is 0 Å². The van der Waals surface area contributed by atoms with Gasteiger partial charge in [0.2, 0.25) is 0 Å². The summed E-state index contributed by atoms with van der Waals surface area (Å²) in [6, 6.07) is 6.76. The molecule has 0 amide bonds. The lowest BCUT2D eigenvalue weighted by atomic mass is 10.2. The summed E-state index contributed by atoms with van der Waals surface area (Å²) >= 11 is 12.1. The first-order chi connectivity index (χ1) is 12.8. The van der Waals surface area contributed by atoms with Crippen molar-refractivity contribution in [3.8, 4) is 0 Å². The first kappa shape index (κ1) is 19.5. The molecular formula is C17H15Cl2F2N5O. The van der Waals surface area contributed by atoms with E-state index in [1.165, 1.54) is 6.20 Å². The molecule has 0 saturated heterocycles. The van der Waals surface area contributed by atoms with E-state index in [0.29, 0.717) is 27.8 Å². The van der Waals surface area contributed by atoms with Crippen LogP contribution < -0.4 is 5.73 Å². The number of alkyl halides is 2. The smallest absolute Gasteiger partial charge is 0.312 e. The first-order valence-corrected chi connectivity index (χ1v) is 8.57. The third kappa shape index (κ3) is 4.18. The van der Waals surface area contributed by atoms with Crippen LogP contribution in [-0.2, 0) is 11.3 Å². The van der Waals surface area contributed by atoms with Gasteiger partial charge in [-0.15, -0.1) is 0 Å². The van der Waals surface area contributed by atoms with E-state index in [1.807, 2.05) is 11.5 Å². The molecule has 3 rings (SSSR count). The molecular weight excluding hydrogens is 399 g/mol. The normalized spacial score (nSPS) is 12.6. The van der Waals surface area contributed by atoms with Crippen LogP contribution in [-0.4, -0.2) is 26.9 Å². The van der Waals surface area contributed by atoms with Crippen LogP contribution in [0, 0.1) is 12.3 Å². The molecule has 0 bridgehead atoms. The number of benzene rings is 1. The Morgan fingerprint density at radius 3 is 2.63 bits per heavy atom. The van der Waals surface area contributed by atoms with Gasteiger partial charge in [0, 0.05) is 11.8 Å². The fraction of sp³-hybridized carbons (Fsp3) is 0.235. The monoisotopic (exact) mass is 413 g/mol. The molecule has 3 aromatic rings. The zero-order valence-corrected chi connectivity index (χ0v) is 15.6. The van der Waals surface area contributed by atoms with Crippen molar-refractivity contribution in [2.24, 2.45) is 5.73 Å². The highest BCUT2D eigenvalue weighted by Crippen LogP contribution is 2.28. The molecule has 0 aliphatic rings. The van der Waals surface area contributed by atoms with Gasteiger partial charge in [0.15, 0.2) is 6.23 Å². The summed E-state index contributed by atoms with van der Waals surface area (Å²) in [5.74, 6) is -0.415. The Kier molecular flexibility index (Phi) is 5.59. The number of aromatic nitrogens is 3. The second kappa shape index (κ2) is 7.75. The van der Waals surface area contributed by atoms with Gasteiger partial charge in [0.05, 0.1) is 33.3 Å². The van der Waals surface area contributed by atoms with Crippen LogP contribution in [0.15, 0.2) is 30.5 Å². The van der Waals surface area contributed by atoms with E-state index in [9.17, 15) is 8.78 Å². The Morgan fingerprint density at radius 2 is 2.00 bits per heavy atom. The maximum absolute atomic E-state index is 12.4. The Hall–Kier alpha value is -2.29. The summed E-state index contributed by atoms with van der Waals surface area (Å²) in [4.78, 5) is 8.75. The van der Waals surface area contributed by atoms with Crippen molar-refractivity contribution in [2.75, 3.05) is 0 Å². The van der Waals surface area contributed by atoms with Crippen molar-refractivity contribution in [2.45, 2.75) is 26.1 Å². The predicted octanol–water partition coefficient (Wildman–Crippen LogP) is 4.31. The molecule has 3 N–H and O–H groups in total. The topological polar surface area (TPSA) is 89.8 Å². The van der Waals surface area contributed by atoms with E-state index in [1.54, 1.807) is 24.3 Å². The summed E-state index contributed by atoms with van der Waals surface area (Å²) in [6.45, 7) is 2.28. The summed E-state index contributed by atoms with van der Waals surface area (Å²) in [5, 5.41) is 7.88. The lowest BCUT2D eigenvalue weighted by Gasteiger charge is -2.15. The number of fused-ring (bicyclic) bond motifs is 1. The van der Waals surface area contributed by atoms with Gasteiger partial charge in [-0.1, -0.05) is 29.3 Å². The molecule has 0 radical (unpaired) electrons. The lowest BCUT2D eigenvalue weighted by molar-refractivity contribution is 0.125. The highest BCUT2D eigenvalue weighted by atomic mass is 35.5. The van der Waals surface area contributed by atoms with Gasteiger partial charge in [0.25, 0.3) is 5.90 Å². The highest BCUT2D eigenvalue weighted by molar-refractivity contribution is 6.42. The van der Waals surface area contributed by atoms with Crippen LogP contribution in [0.1, 0.15) is 23.3 Å². The first-order valence-electron chi connectivity index (χ1n) is 7.81. The zero-order valence-electron chi connectivity index (χ0n) is 14.1. The van der Waals surface area contributed by atoms with E-state index in [4.69, 9.17) is 34.3 Å². The molecule has 0 saturated carbocycles. The Labute approximate surface area is 163 Å². The van der Waals surface area contributed by atoms with Gasteiger partial charge >= 0.3 is 6.43 Å². The van der Waals surface area contributed by atoms with Gasteiger partial charge < -0.3 is 9.30 Å². The standard InChI is InChI=1S/C17H15Cl2F2N5O/c1-8-25-13-4-11(18)12(19)5-14(13)26(8)7-10-3-2-9(6-24-10)16(22)27-17(23)15(20)21/h2-6,15-16,23H,7,22H2,1H3. The SMILES string of the molecule is Cc1nc2cc(Cl)c(Cl)cc2n1Cc1ccc(C(N)OC(=N)C(F)F)cn1. The Balaban J connectivity index is 1.81. The number of hydrogen-bond acceptors (Lipinski definition) is 5. The number of imidazole rings is 1. The molecule has 0 spiro atoms. The van der Waals surface area contributed by atoms with Gasteiger partial charge in [-0.05, 0) is 25.1 Å². The number of ether oxygens (including phenoxy) is 1. The second-order valence-electron chi connectivity index (χ2n) is 5.79. The van der Waals surface area contributed by atoms with Crippen LogP contribution in [0.4, 0.5) is 8.78 Å². The minimum atomic E-state index is -3.01. The quantitative estimate of drug-likeness (QED) is 0.370. The van der Waals surface area contributed by atoms with Crippen molar-refractivity contribution < 1.29 is 13.5 Å². The number of nitrogens with one attached hydrogen (secondary N) is 1. The van der Waals surface area contributed by atoms with Crippen LogP contribution >= 0.6 is 23.2 Å². The van der Waals surface area contributed by atoms with Gasteiger partial charge in [-0.25, -0.2) is 4.98 Å². The van der Waals surface area contributed by atoms with Gasteiger partial charge in [-0.3, -0.25) is 16.1 Å². The molecule has 1 atom stereocenters. The minimum absolute atomic E-state index is 0.381. The average Bonchev–Trinajstić information content (AvgIpc) is 2.90. The summed E-state index contributed by atoms with van der Waals surface area (Å²) < 4.78 is 31.3. The lowest BCUT2D eigenvalue weighted by Crippen LogP contribution is -2.23.